The molecule has 0 bridgehead atoms. The van der Waals surface area contributed by atoms with Gasteiger partial charge in [-0.25, -0.2) is 0 Å². The molecule has 0 spiro atoms. The zero-order chi connectivity index (χ0) is 11.4. The molecule has 0 aromatic carbocycles. The lowest BCUT2D eigenvalue weighted by Gasteiger charge is -2.10. The minimum Gasteiger partial charge on any atom is -0.323 e. The van der Waals surface area contributed by atoms with Crippen LogP contribution in [0.4, 0.5) is 0 Å². The molecule has 2 rings (SSSR count). The smallest absolute Gasteiger partial charge is 0.0392 e. The number of nitrogens with two attached hydrogens (primary N) is 1. The molecule has 2 heterocycles. The van der Waals surface area contributed by atoms with Crippen molar-refractivity contribution in [3.05, 3.63) is 44.3 Å². The Hall–Kier alpha value is -0.640. The highest BCUT2D eigenvalue weighted by molar-refractivity contribution is 7.10. The monoisotopic (exact) mass is 251 g/mol. The molecular formula is C13H17NS2. The van der Waals surface area contributed by atoms with Gasteiger partial charge >= 0.3 is 0 Å². The standard InChI is InChI=1S/C13H17NS2/c1-10-7-9-16-13(10)12(14)6-2-4-11-5-3-8-15-11/h3,5,7-9,12H,2,4,6,14H2,1H3. The first-order valence-corrected chi connectivity index (χ1v) is 7.35. The predicted octanol–water partition coefficient (Wildman–Crippen LogP) is 4.14. The van der Waals surface area contributed by atoms with Gasteiger partial charge in [-0.15, -0.1) is 22.7 Å². The molecule has 2 N–H and O–H groups in total. The number of thiophene rings is 2. The molecule has 1 unspecified atom stereocenters. The van der Waals surface area contributed by atoms with Gasteiger partial charge in [-0.2, -0.15) is 0 Å². The summed E-state index contributed by atoms with van der Waals surface area (Å²) in [5.41, 5.74) is 7.53. The molecule has 1 nitrogen and oxygen atoms in total. The zero-order valence-electron chi connectivity index (χ0n) is 9.48. The minimum absolute atomic E-state index is 0.222. The van der Waals surface area contributed by atoms with E-state index in [1.165, 1.54) is 21.7 Å². The van der Waals surface area contributed by atoms with Gasteiger partial charge in [-0.05, 0) is 54.6 Å². The quantitative estimate of drug-likeness (QED) is 0.849. The van der Waals surface area contributed by atoms with Crippen molar-refractivity contribution in [2.75, 3.05) is 0 Å². The summed E-state index contributed by atoms with van der Waals surface area (Å²) in [5.74, 6) is 0. The first-order chi connectivity index (χ1) is 7.77. The van der Waals surface area contributed by atoms with Crippen LogP contribution in [-0.2, 0) is 6.42 Å². The second kappa shape index (κ2) is 5.62. The molecule has 0 aliphatic carbocycles. The van der Waals surface area contributed by atoms with Gasteiger partial charge in [0.1, 0.15) is 0 Å². The van der Waals surface area contributed by atoms with Crippen LogP contribution in [0.2, 0.25) is 0 Å². The first-order valence-electron chi connectivity index (χ1n) is 5.59. The van der Waals surface area contributed by atoms with Crippen molar-refractivity contribution in [2.24, 2.45) is 5.73 Å². The van der Waals surface area contributed by atoms with Gasteiger partial charge in [0.25, 0.3) is 0 Å². The van der Waals surface area contributed by atoms with Gasteiger partial charge in [0.2, 0.25) is 0 Å². The van der Waals surface area contributed by atoms with E-state index in [1.807, 2.05) is 11.3 Å². The Balaban J connectivity index is 1.80. The molecular weight excluding hydrogens is 234 g/mol. The summed E-state index contributed by atoms with van der Waals surface area (Å²) in [6.07, 6.45) is 3.42. The fourth-order valence-electron chi connectivity index (χ4n) is 1.85. The highest BCUT2D eigenvalue weighted by Crippen LogP contribution is 2.26. The van der Waals surface area contributed by atoms with Gasteiger partial charge < -0.3 is 5.73 Å². The summed E-state index contributed by atoms with van der Waals surface area (Å²) in [5, 5.41) is 4.27. The number of hydrogen-bond acceptors (Lipinski definition) is 3. The van der Waals surface area contributed by atoms with Crippen molar-refractivity contribution in [1.29, 1.82) is 0 Å². The van der Waals surface area contributed by atoms with Crippen LogP contribution in [0.25, 0.3) is 0 Å². The Morgan fingerprint density at radius 3 is 2.75 bits per heavy atom. The van der Waals surface area contributed by atoms with Crippen molar-refractivity contribution < 1.29 is 0 Å². The highest BCUT2D eigenvalue weighted by Gasteiger charge is 2.09. The third kappa shape index (κ3) is 2.94. The van der Waals surface area contributed by atoms with Crippen LogP contribution in [0.15, 0.2) is 29.0 Å². The van der Waals surface area contributed by atoms with Crippen LogP contribution < -0.4 is 5.73 Å². The lowest BCUT2D eigenvalue weighted by Crippen LogP contribution is -2.09. The fraction of sp³-hybridized carbons (Fsp3) is 0.385. The van der Waals surface area contributed by atoms with E-state index in [0.717, 1.165) is 12.8 Å². The third-order valence-electron chi connectivity index (χ3n) is 2.76. The van der Waals surface area contributed by atoms with E-state index in [9.17, 15) is 0 Å². The molecule has 0 aliphatic heterocycles. The second-order valence-electron chi connectivity index (χ2n) is 4.05. The van der Waals surface area contributed by atoms with Crippen LogP contribution in [0.3, 0.4) is 0 Å². The molecule has 86 valence electrons. The van der Waals surface area contributed by atoms with Gasteiger partial charge in [-0.1, -0.05) is 6.07 Å². The Morgan fingerprint density at radius 2 is 2.12 bits per heavy atom. The van der Waals surface area contributed by atoms with Crippen LogP contribution in [0.1, 0.15) is 34.2 Å². The van der Waals surface area contributed by atoms with Gasteiger partial charge in [0.05, 0.1) is 0 Å². The average molecular weight is 251 g/mol. The number of rotatable bonds is 5. The molecule has 0 saturated heterocycles. The summed E-state index contributed by atoms with van der Waals surface area (Å²) in [4.78, 5) is 2.82. The minimum atomic E-state index is 0.222. The van der Waals surface area contributed by atoms with Crippen LogP contribution in [0.5, 0.6) is 0 Å². The van der Waals surface area contributed by atoms with Crippen LogP contribution in [-0.4, -0.2) is 0 Å². The Morgan fingerprint density at radius 1 is 1.25 bits per heavy atom. The summed E-state index contributed by atoms with van der Waals surface area (Å²) in [7, 11) is 0. The molecule has 3 heteroatoms. The van der Waals surface area contributed by atoms with E-state index in [1.54, 1.807) is 11.3 Å². The maximum Gasteiger partial charge on any atom is 0.0392 e. The van der Waals surface area contributed by atoms with Crippen molar-refractivity contribution >= 4 is 22.7 Å². The number of aryl methyl sites for hydroxylation is 2. The van der Waals surface area contributed by atoms with E-state index >= 15 is 0 Å². The van der Waals surface area contributed by atoms with Gasteiger partial charge in [0, 0.05) is 15.8 Å². The Labute approximate surface area is 105 Å². The first kappa shape index (κ1) is 11.8. The largest absolute Gasteiger partial charge is 0.323 e. The molecule has 0 aliphatic rings. The van der Waals surface area contributed by atoms with Crippen molar-refractivity contribution in [3.8, 4) is 0 Å². The molecule has 0 fully saturated rings. The maximum atomic E-state index is 6.19. The summed E-state index contributed by atoms with van der Waals surface area (Å²) in [6, 6.07) is 6.69. The Kier molecular flexibility index (Phi) is 4.16. The van der Waals surface area contributed by atoms with E-state index in [4.69, 9.17) is 5.73 Å². The van der Waals surface area contributed by atoms with Gasteiger partial charge in [0.15, 0.2) is 0 Å². The molecule has 0 radical (unpaired) electrons. The lowest BCUT2D eigenvalue weighted by molar-refractivity contribution is 0.620. The number of hydrogen-bond donors (Lipinski definition) is 1. The third-order valence-corrected chi connectivity index (χ3v) is 4.84. The maximum absolute atomic E-state index is 6.19. The normalized spacial score (nSPS) is 12.9. The van der Waals surface area contributed by atoms with Crippen LogP contribution >= 0.6 is 22.7 Å². The van der Waals surface area contributed by atoms with Crippen LogP contribution in [0, 0.1) is 6.92 Å². The molecule has 2 aromatic heterocycles. The molecule has 0 amide bonds. The summed E-state index contributed by atoms with van der Waals surface area (Å²) >= 11 is 3.62. The molecule has 2 aromatic rings. The van der Waals surface area contributed by atoms with Crippen molar-refractivity contribution in [1.82, 2.24) is 0 Å². The van der Waals surface area contributed by atoms with Crippen molar-refractivity contribution in [3.63, 3.8) is 0 Å². The summed E-state index contributed by atoms with van der Waals surface area (Å²) in [6.45, 7) is 2.14. The zero-order valence-corrected chi connectivity index (χ0v) is 11.1. The second-order valence-corrected chi connectivity index (χ2v) is 6.03. The lowest BCUT2D eigenvalue weighted by atomic mass is 10.1. The fourth-order valence-corrected chi connectivity index (χ4v) is 3.56. The van der Waals surface area contributed by atoms with Crippen molar-refractivity contribution in [2.45, 2.75) is 32.2 Å². The topological polar surface area (TPSA) is 26.0 Å². The Bertz CT molecular complexity index is 417. The molecule has 16 heavy (non-hydrogen) atoms. The van der Waals surface area contributed by atoms with E-state index < -0.39 is 0 Å². The highest BCUT2D eigenvalue weighted by atomic mass is 32.1. The van der Waals surface area contributed by atoms with Gasteiger partial charge in [-0.3, -0.25) is 0 Å². The summed E-state index contributed by atoms with van der Waals surface area (Å²) < 4.78 is 0. The average Bonchev–Trinajstić information content (AvgIpc) is 2.88. The molecule has 0 saturated carbocycles. The SMILES string of the molecule is Cc1ccsc1C(N)CCCc1cccs1. The molecule has 1 atom stereocenters. The van der Waals surface area contributed by atoms with E-state index in [0.29, 0.717) is 0 Å². The predicted molar refractivity (Wildman–Crippen MR) is 73.2 cm³/mol. The van der Waals surface area contributed by atoms with E-state index in [2.05, 4.69) is 35.9 Å². The van der Waals surface area contributed by atoms with E-state index in [-0.39, 0.29) is 6.04 Å².